The zero-order valence-electron chi connectivity index (χ0n) is 16.0. The maximum Gasteiger partial charge on any atom is 0.255 e. The lowest BCUT2D eigenvalue weighted by Crippen LogP contribution is -2.44. The second-order valence-corrected chi connectivity index (χ2v) is 7.43. The lowest BCUT2D eigenvalue weighted by molar-refractivity contribution is 0.0906. The first-order chi connectivity index (χ1) is 13.1. The first-order valence-electron chi connectivity index (χ1n) is 9.54. The van der Waals surface area contributed by atoms with E-state index in [0.717, 1.165) is 44.5 Å². The van der Waals surface area contributed by atoms with Crippen LogP contribution in [-0.4, -0.2) is 37.0 Å². The molecule has 27 heavy (non-hydrogen) atoms. The maximum absolute atomic E-state index is 12.8. The van der Waals surface area contributed by atoms with Gasteiger partial charge in [-0.25, -0.2) is 0 Å². The Balaban J connectivity index is 1.59. The average molecular weight is 387 g/mol. The molecule has 1 saturated heterocycles. The highest BCUT2D eigenvalue weighted by Crippen LogP contribution is 2.30. The summed E-state index contributed by atoms with van der Waals surface area (Å²) in [6.07, 6.45) is 2.71. The van der Waals surface area contributed by atoms with Gasteiger partial charge in [0.15, 0.2) is 0 Å². The van der Waals surface area contributed by atoms with Crippen LogP contribution in [0.4, 0.5) is 0 Å². The third-order valence-electron chi connectivity index (χ3n) is 5.13. The van der Waals surface area contributed by atoms with Crippen molar-refractivity contribution in [1.29, 1.82) is 0 Å². The predicted molar refractivity (Wildman–Crippen MR) is 110 cm³/mol. The van der Waals surface area contributed by atoms with Gasteiger partial charge in [0.1, 0.15) is 5.75 Å². The summed E-state index contributed by atoms with van der Waals surface area (Å²) < 4.78 is 5.37. The number of ether oxygens (including phenoxy) is 1. The van der Waals surface area contributed by atoms with E-state index in [1.54, 1.807) is 7.11 Å². The van der Waals surface area contributed by atoms with E-state index in [1.807, 2.05) is 25.1 Å². The largest absolute Gasteiger partial charge is 0.494 e. The van der Waals surface area contributed by atoms with E-state index in [0.29, 0.717) is 16.3 Å². The summed E-state index contributed by atoms with van der Waals surface area (Å²) in [5, 5.41) is 3.65. The number of amides is 1. The summed E-state index contributed by atoms with van der Waals surface area (Å²) in [5.74, 6) is 0.346. The first-order valence-corrected chi connectivity index (χ1v) is 9.92. The molecule has 0 saturated carbocycles. The second kappa shape index (κ2) is 9.25. The monoisotopic (exact) mass is 386 g/mol. The van der Waals surface area contributed by atoms with E-state index >= 15 is 0 Å². The van der Waals surface area contributed by atoms with Crippen LogP contribution in [0, 0.1) is 0 Å². The molecule has 3 rings (SSSR count). The minimum absolute atomic E-state index is 0.106. The molecule has 1 N–H and O–H groups in total. The average Bonchev–Trinajstić information content (AvgIpc) is 2.69. The minimum Gasteiger partial charge on any atom is -0.494 e. The summed E-state index contributed by atoms with van der Waals surface area (Å²) in [4.78, 5) is 15.3. The number of likely N-dealkylation sites (tertiary alicyclic amines) is 1. The van der Waals surface area contributed by atoms with E-state index in [2.05, 4.69) is 34.5 Å². The van der Waals surface area contributed by atoms with E-state index in [-0.39, 0.29) is 11.9 Å². The Morgan fingerprint density at radius 1 is 1.19 bits per heavy atom. The van der Waals surface area contributed by atoms with Gasteiger partial charge in [0.25, 0.3) is 5.91 Å². The van der Waals surface area contributed by atoms with Gasteiger partial charge in [-0.2, -0.15) is 0 Å². The number of hydrogen-bond acceptors (Lipinski definition) is 3. The van der Waals surface area contributed by atoms with Crippen molar-refractivity contribution in [2.24, 2.45) is 0 Å². The molecule has 0 radical (unpaired) electrons. The third-order valence-corrected chi connectivity index (χ3v) is 5.41. The Bertz CT molecular complexity index is 771. The Morgan fingerprint density at radius 3 is 2.52 bits per heavy atom. The zero-order valence-corrected chi connectivity index (χ0v) is 16.8. The summed E-state index contributed by atoms with van der Waals surface area (Å²) in [7, 11) is 1.55. The van der Waals surface area contributed by atoms with Gasteiger partial charge in [-0.1, -0.05) is 48.9 Å². The van der Waals surface area contributed by atoms with Gasteiger partial charge >= 0.3 is 0 Å². The number of halogens is 1. The lowest BCUT2D eigenvalue weighted by Gasteiger charge is -2.32. The van der Waals surface area contributed by atoms with Gasteiger partial charge < -0.3 is 10.1 Å². The van der Waals surface area contributed by atoms with Crippen molar-refractivity contribution in [3.63, 3.8) is 0 Å². The van der Waals surface area contributed by atoms with Gasteiger partial charge in [0.05, 0.1) is 17.7 Å². The number of nitrogens with zero attached hydrogens (tertiary/aromatic N) is 1. The standard InChI is InChI=1S/C22H27ClN2O2/c1-3-16-13-19(21(27-2)20(23)14-16)22(26)24-18-9-11-25(12-10-18)15-17-7-5-4-6-8-17/h4-8,13-14,18H,3,9-12,15H2,1-2H3,(H,24,26). The van der Waals surface area contributed by atoms with Crippen molar-refractivity contribution in [2.45, 2.75) is 38.8 Å². The van der Waals surface area contributed by atoms with E-state index < -0.39 is 0 Å². The SMILES string of the molecule is CCc1cc(Cl)c(OC)c(C(=O)NC2CCN(Cc3ccccc3)CC2)c1. The molecule has 1 amide bonds. The van der Waals surface area contributed by atoms with Crippen LogP contribution < -0.4 is 10.1 Å². The molecular weight excluding hydrogens is 360 g/mol. The molecule has 4 nitrogen and oxygen atoms in total. The fourth-order valence-electron chi connectivity index (χ4n) is 3.57. The number of carbonyl (C=O) groups excluding carboxylic acids is 1. The molecule has 0 aliphatic carbocycles. The molecule has 0 spiro atoms. The van der Waals surface area contributed by atoms with Crippen LogP contribution >= 0.6 is 11.6 Å². The molecule has 1 aliphatic heterocycles. The molecule has 5 heteroatoms. The van der Waals surface area contributed by atoms with Gasteiger partial charge in [0.2, 0.25) is 0 Å². The fraction of sp³-hybridized carbons (Fsp3) is 0.409. The van der Waals surface area contributed by atoms with Crippen molar-refractivity contribution < 1.29 is 9.53 Å². The molecule has 1 fully saturated rings. The van der Waals surface area contributed by atoms with E-state index in [4.69, 9.17) is 16.3 Å². The van der Waals surface area contributed by atoms with Crippen LogP contribution in [0.2, 0.25) is 5.02 Å². The first kappa shape index (κ1) is 19.7. The molecular formula is C22H27ClN2O2. The molecule has 0 aromatic heterocycles. The lowest BCUT2D eigenvalue weighted by atomic mass is 10.0. The Labute approximate surface area is 166 Å². The Kier molecular flexibility index (Phi) is 6.75. The number of aryl methyl sites for hydroxylation is 1. The second-order valence-electron chi connectivity index (χ2n) is 7.02. The number of carbonyl (C=O) groups is 1. The van der Waals surface area contributed by atoms with Crippen LogP contribution in [0.1, 0.15) is 41.3 Å². The quantitative estimate of drug-likeness (QED) is 0.804. The maximum atomic E-state index is 12.8. The highest BCUT2D eigenvalue weighted by Gasteiger charge is 2.23. The molecule has 2 aromatic carbocycles. The highest BCUT2D eigenvalue weighted by molar-refractivity contribution is 6.32. The Hall–Kier alpha value is -2.04. The topological polar surface area (TPSA) is 41.6 Å². The van der Waals surface area contributed by atoms with Crippen LogP contribution in [0.3, 0.4) is 0 Å². The van der Waals surface area contributed by atoms with Crippen molar-refractivity contribution >= 4 is 17.5 Å². The normalized spacial score (nSPS) is 15.5. The van der Waals surface area contributed by atoms with Crippen LogP contribution in [0.25, 0.3) is 0 Å². The van der Waals surface area contributed by atoms with E-state index in [9.17, 15) is 4.79 Å². The molecule has 0 unspecified atom stereocenters. The molecule has 2 aromatic rings. The van der Waals surface area contributed by atoms with Crippen molar-refractivity contribution in [3.05, 3.63) is 64.2 Å². The zero-order chi connectivity index (χ0) is 19.2. The van der Waals surface area contributed by atoms with Crippen molar-refractivity contribution in [1.82, 2.24) is 10.2 Å². The summed E-state index contributed by atoms with van der Waals surface area (Å²) in [5.41, 5.74) is 2.88. The molecule has 144 valence electrons. The van der Waals surface area contributed by atoms with Crippen LogP contribution in [-0.2, 0) is 13.0 Å². The predicted octanol–water partition coefficient (Wildman–Crippen LogP) is 4.31. The number of hydrogen-bond donors (Lipinski definition) is 1. The molecule has 0 bridgehead atoms. The highest BCUT2D eigenvalue weighted by atomic mass is 35.5. The van der Waals surface area contributed by atoms with Crippen molar-refractivity contribution in [3.8, 4) is 5.75 Å². The van der Waals surface area contributed by atoms with Gasteiger partial charge in [-0.15, -0.1) is 0 Å². The molecule has 1 aliphatic rings. The molecule has 1 heterocycles. The smallest absolute Gasteiger partial charge is 0.255 e. The summed E-state index contributed by atoms with van der Waals surface area (Å²) in [6.45, 7) is 4.96. The van der Waals surface area contributed by atoms with Crippen LogP contribution in [0.5, 0.6) is 5.75 Å². The van der Waals surface area contributed by atoms with Crippen molar-refractivity contribution in [2.75, 3.05) is 20.2 Å². The number of piperidine rings is 1. The third kappa shape index (κ3) is 5.02. The van der Waals surface area contributed by atoms with E-state index in [1.165, 1.54) is 5.56 Å². The fourth-order valence-corrected chi connectivity index (χ4v) is 3.89. The van der Waals surface area contributed by atoms with Gasteiger partial charge in [-0.3, -0.25) is 9.69 Å². The number of nitrogens with one attached hydrogen (secondary N) is 1. The number of methoxy groups -OCH3 is 1. The number of rotatable bonds is 6. The summed E-state index contributed by atoms with van der Waals surface area (Å²) >= 11 is 6.28. The summed E-state index contributed by atoms with van der Waals surface area (Å²) in [6, 6.07) is 14.4. The Morgan fingerprint density at radius 2 is 1.89 bits per heavy atom. The number of benzene rings is 2. The van der Waals surface area contributed by atoms with Gasteiger partial charge in [0, 0.05) is 25.7 Å². The minimum atomic E-state index is -0.106. The molecule has 0 atom stereocenters. The van der Waals surface area contributed by atoms with Crippen LogP contribution in [0.15, 0.2) is 42.5 Å². The van der Waals surface area contributed by atoms with Gasteiger partial charge in [-0.05, 0) is 42.5 Å².